The molecule has 0 saturated carbocycles. The highest BCUT2D eigenvalue weighted by molar-refractivity contribution is 9.10. The molecule has 0 aliphatic rings. The van der Waals surface area contributed by atoms with Crippen molar-refractivity contribution < 1.29 is 9.18 Å². The molecule has 2 aromatic carbocycles. The van der Waals surface area contributed by atoms with Crippen molar-refractivity contribution >= 4 is 27.4 Å². The number of carbonyl (C=O) groups excluding carboxylic acids is 1. The third kappa shape index (κ3) is 2.81. The van der Waals surface area contributed by atoms with E-state index in [-0.39, 0.29) is 16.8 Å². The second-order valence-corrected chi connectivity index (χ2v) is 4.58. The number of ketones is 1. The lowest BCUT2D eigenvalue weighted by Gasteiger charge is -2.06. The van der Waals surface area contributed by atoms with Crippen molar-refractivity contribution in [3.8, 4) is 0 Å². The zero-order chi connectivity index (χ0) is 13.8. The van der Waals surface area contributed by atoms with Crippen LogP contribution in [0.2, 0.25) is 0 Å². The van der Waals surface area contributed by atoms with Crippen LogP contribution in [0.25, 0.3) is 10.4 Å². The largest absolute Gasteiger partial charge is 0.288 e. The maximum absolute atomic E-state index is 13.6. The van der Waals surface area contributed by atoms with Gasteiger partial charge in [-0.1, -0.05) is 33.2 Å². The summed E-state index contributed by atoms with van der Waals surface area (Å²) in [5.41, 5.74) is 8.76. The van der Waals surface area contributed by atoms with Gasteiger partial charge in [0, 0.05) is 20.6 Å². The van der Waals surface area contributed by atoms with Crippen molar-refractivity contribution in [2.45, 2.75) is 0 Å². The topological polar surface area (TPSA) is 65.8 Å². The highest BCUT2D eigenvalue weighted by Gasteiger charge is 2.16. The van der Waals surface area contributed by atoms with Gasteiger partial charge in [-0.25, -0.2) is 4.39 Å². The minimum atomic E-state index is -0.609. The van der Waals surface area contributed by atoms with Gasteiger partial charge in [0.2, 0.25) is 0 Å². The number of benzene rings is 2. The van der Waals surface area contributed by atoms with E-state index in [2.05, 4.69) is 26.0 Å². The molecule has 0 saturated heterocycles. The molecular weight excluding hydrogens is 313 g/mol. The van der Waals surface area contributed by atoms with E-state index in [1.165, 1.54) is 30.3 Å². The number of hydrogen-bond acceptors (Lipinski definition) is 2. The number of carbonyl (C=O) groups is 1. The van der Waals surface area contributed by atoms with Crippen LogP contribution in [0.3, 0.4) is 0 Å². The Labute approximate surface area is 116 Å². The average Bonchev–Trinajstić information content (AvgIpc) is 2.39. The van der Waals surface area contributed by atoms with Crippen molar-refractivity contribution in [3.05, 3.63) is 74.3 Å². The number of rotatable bonds is 3. The SMILES string of the molecule is [N-]=[N+]=Nc1cc(Br)ccc1C(=O)c1ccccc1F. The first kappa shape index (κ1) is 13.3. The smallest absolute Gasteiger partial charge is 0.196 e. The van der Waals surface area contributed by atoms with Crippen LogP contribution < -0.4 is 0 Å². The highest BCUT2D eigenvalue weighted by atomic mass is 79.9. The Morgan fingerprint density at radius 3 is 2.63 bits per heavy atom. The lowest BCUT2D eigenvalue weighted by Crippen LogP contribution is -2.04. The van der Waals surface area contributed by atoms with Gasteiger partial charge in [0.15, 0.2) is 5.78 Å². The summed E-state index contributed by atoms with van der Waals surface area (Å²) in [4.78, 5) is 14.9. The van der Waals surface area contributed by atoms with Crippen LogP contribution in [0, 0.1) is 5.82 Å². The molecule has 94 valence electrons. The van der Waals surface area contributed by atoms with Crippen LogP contribution in [-0.2, 0) is 0 Å². The Balaban J connectivity index is 2.56. The van der Waals surface area contributed by atoms with E-state index in [1.54, 1.807) is 12.1 Å². The molecule has 0 aromatic heterocycles. The summed E-state index contributed by atoms with van der Waals surface area (Å²) in [6.07, 6.45) is 0. The molecule has 0 atom stereocenters. The van der Waals surface area contributed by atoms with E-state index in [0.717, 1.165) is 0 Å². The standard InChI is InChI=1S/C13H7BrFN3O/c14-8-5-6-10(12(7-8)17-18-16)13(19)9-3-1-2-4-11(9)15/h1-7H. The number of nitrogens with zero attached hydrogens (tertiary/aromatic N) is 3. The third-order valence-electron chi connectivity index (χ3n) is 2.48. The first-order chi connectivity index (χ1) is 9.13. The molecule has 6 heteroatoms. The Kier molecular flexibility index (Phi) is 3.94. The van der Waals surface area contributed by atoms with Crippen molar-refractivity contribution in [2.75, 3.05) is 0 Å². The molecule has 0 spiro atoms. The van der Waals surface area contributed by atoms with Crippen molar-refractivity contribution in [2.24, 2.45) is 5.11 Å². The summed E-state index contributed by atoms with van der Waals surface area (Å²) in [7, 11) is 0. The Hall–Kier alpha value is -2.17. The first-order valence-electron chi connectivity index (χ1n) is 5.27. The molecule has 0 amide bonds. The number of hydrogen-bond donors (Lipinski definition) is 0. The van der Waals surface area contributed by atoms with E-state index in [9.17, 15) is 9.18 Å². The van der Waals surface area contributed by atoms with E-state index >= 15 is 0 Å². The van der Waals surface area contributed by atoms with Crippen molar-refractivity contribution in [1.82, 2.24) is 0 Å². The summed E-state index contributed by atoms with van der Waals surface area (Å²) in [6.45, 7) is 0. The molecule has 19 heavy (non-hydrogen) atoms. The fourth-order valence-corrected chi connectivity index (χ4v) is 1.97. The third-order valence-corrected chi connectivity index (χ3v) is 2.97. The minimum absolute atomic E-state index is 0.0563. The fourth-order valence-electron chi connectivity index (χ4n) is 1.62. The van der Waals surface area contributed by atoms with Crippen LogP contribution in [-0.4, -0.2) is 5.78 Å². The monoisotopic (exact) mass is 319 g/mol. The summed E-state index contributed by atoms with van der Waals surface area (Å²) in [5.74, 6) is -1.13. The predicted molar refractivity (Wildman–Crippen MR) is 72.8 cm³/mol. The average molecular weight is 320 g/mol. The van der Waals surface area contributed by atoms with Crippen LogP contribution >= 0.6 is 15.9 Å². The molecule has 0 aliphatic carbocycles. The van der Waals surface area contributed by atoms with Crippen molar-refractivity contribution in [1.29, 1.82) is 0 Å². The lowest BCUT2D eigenvalue weighted by molar-refractivity contribution is 0.103. The minimum Gasteiger partial charge on any atom is -0.288 e. The quantitative estimate of drug-likeness (QED) is 0.348. The second kappa shape index (κ2) is 5.65. The summed E-state index contributed by atoms with van der Waals surface area (Å²) >= 11 is 3.22. The van der Waals surface area contributed by atoms with Gasteiger partial charge in [0.25, 0.3) is 0 Å². The van der Waals surface area contributed by atoms with E-state index in [1.807, 2.05) is 0 Å². The van der Waals surface area contributed by atoms with Crippen LogP contribution in [0.15, 0.2) is 52.1 Å². The Morgan fingerprint density at radius 2 is 1.95 bits per heavy atom. The van der Waals surface area contributed by atoms with Crippen molar-refractivity contribution in [3.63, 3.8) is 0 Å². The molecule has 0 fully saturated rings. The molecule has 0 radical (unpaired) electrons. The van der Waals surface area contributed by atoms with Crippen LogP contribution in [0.1, 0.15) is 15.9 Å². The second-order valence-electron chi connectivity index (χ2n) is 3.66. The maximum Gasteiger partial charge on any atom is 0.196 e. The molecule has 2 rings (SSSR count). The molecule has 0 unspecified atom stereocenters. The summed E-state index contributed by atoms with van der Waals surface area (Å²) in [5, 5.41) is 3.45. The zero-order valence-corrected chi connectivity index (χ0v) is 11.1. The lowest BCUT2D eigenvalue weighted by atomic mass is 10.0. The van der Waals surface area contributed by atoms with Crippen LogP contribution in [0.5, 0.6) is 0 Å². The van der Waals surface area contributed by atoms with Gasteiger partial charge in [0.1, 0.15) is 5.82 Å². The van der Waals surface area contributed by atoms with E-state index in [0.29, 0.717) is 4.47 Å². The zero-order valence-electron chi connectivity index (χ0n) is 9.55. The van der Waals surface area contributed by atoms with Gasteiger partial charge in [-0.2, -0.15) is 0 Å². The Bertz CT molecular complexity index is 696. The molecule has 0 bridgehead atoms. The Morgan fingerprint density at radius 1 is 1.21 bits per heavy atom. The van der Waals surface area contributed by atoms with Gasteiger partial charge in [-0.05, 0) is 35.9 Å². The van der Waals surface area contributed by atoms with Gasteiger partial charge >= 0.3 is 0 Å². The van der Waals surface area contributed by atoms with Gasteiger partial charge in [0.05, 0.1) is 5.56 Å². The van der Waals surface area contributed by atoms with E-state index in [4.69, 9.17) is 5.53 Å². The van der Waals surface area contributed by atoms with E-state index < -0.39 is 11.6 Å². The molecule has 2 aromatic rings. The number of azide groups is 1. The molecule has 4 nitrogen and oxygen atoms in total. The predicted octanol–water partition coefficient (Wildman–Crippen LogP) is 4.76. The maximum atomic E-state index is 13.6. The first-order valence-corrected chi connectivity index (χ1v) is 6.06. The van der Waals surface area contributed by atoms with Gasteiger partial charge < -0.3 is 0 Å². The van der Waals surface area contributed by atoms with Gasteiger partial charge in [-0.15, -0.1) is 0 Å². The molecule has 0 N–H and O–H groups in total. The summed E-state index contributed by atoms with van der Waals surface area (Å²) in [6, 6.07) is 10.3. The normalized spacial score (nSPS) is 9.79. The number of halogens is 2. The fraction of sp³-hybridized carbons (Fsp3) is 0. The molecular formula is C13H7BrFN3O. The highest BCUT2D eigenvalue weighted by Crippen LogP contribution is 2.27. The molecule has 0 aliphatic heterocycles. The molecule has 0 heterocycles. The summed E-state index contributed by atoms with van der Waals surface area (Å²) < 4.78 is 14.3. The van der Waals surface area contributed by atoms with Crippen LogP contribution in [0.4, 0.5) is 10.1 Å². The van der Waals surface area contributed by atoms with Gasteiger partial charge in [-0.3, -0.25) is 4.79 Å².